The number of alkyl halides is 3. The molecule has 37 heavy (non-hydrogen) atoms. The van der Waals surface area contributed by atoms with Gasteiger partial charge in [0.25, 0.3) is 0 Å². The van der Waals surface area contributed by atoms with Crippen LogP contribution in [0.5, 0.6) is 0 Å². The van der Waals surface area contributed by atoms with Crippen molar-refractivity contribution in [1.29, 1.82) is 5.26 Å². The van der Waals surface area contributed by atoms with Gasteiger partial charge in [-0.1, -0.05) is 19.3 Å². The highest BCUT2D eigenvalue weighted by molar-refractivity contribution is 5.96. The van der Waals surface area contributed by atoms with E-state index in [1.54, 1.807) is 4.90 Å². The molecule has 2 aromatic rings. The van der Waals surface area contributed by atoms with Crippen molar-refractivity contribution in [3.63, 3.8) is 0 Å². The number of fused-ring (bicyclic) bond motifs is 1. The molecule has 9 nitrogen and oxygen atoms in total. The quantitative estimate of drug-likeness (QED) is 0.471. The molecule has 1 saturated carbocycles. The number of nitriles is 1. The highest BCUT2D eigenvalue weighted by Crippen LogP contribution is 2.27. The number of benzene rings is 1. The van der Waals surface area contributed by atoms with Gasteiger partial charge in [0.1, 0.15) is 6.04 Å². The van der Waals surface area contributed by atoms with Crippen molar-refractivity contribution in [2.45, 2.75) is 69.6 Å². The maximum atomic E-state index is 12.7. The number of carboxylic acid groups (broad SMARTS) is 1. The monoisotopic (exact) mass is 521 g/mol. The summed E-state index contributed by atoms with van der Waals surface area (Å²) in [6, 6.07) is 6.92. The molecule has 1 aliphatic carbocycles. The van der Waals surface area contributed by atoms with E-state index >= 15 is 0 Å². The molecule has 2 heterocycles. The van der Waals surface area contributed by atoms with Gasteiger partial charge in [0.15, 0.2) is 0 Å². The number of carbonyl (C=O) groups excluding carboxylic acids is 2. The van der Waals surface area contributed by atoms with Crippen LogP contribution in [0.4, 0.5) is 18.9 Å². The fourth-order valence-electron chi connectivity index (χ4n) is 4.74. The van der Waals surface area contributed by atoms with E-state index in [4.69, 9.17) is 15.6 Å². The van der Waals surface area contributed by atoms with Crippen molar-refractivity contribution < 1.29 is 32.7 Å². The molecule has 0 radical (unpaired) electrons. The maximum absolute atomic E-state index is 12.7. The van der Waals surface area contributed by atoms with Crippen molar-refractivity contribution in [3.05, 3.63) is 30.0 Å². The van der Waals surface area contributed by atoms with Crippen LogP contribution in [0.2, 0.25) is 0 Å². The molecule has 1 aromatic carbocycles. The smallest absolute Gasteiger partial charge is 0.475 e. The number of likely N-dealkylation sites (tertiary alicyclic amines) is 1. The number of nitrogens with one attached hydrogen (secondary N) is 2. The van der Waals surface area contributed by atoms with E-state index < -0.39 is 18.2 Å². The van der Waals surface area contributed by atoms with Gasteiger partial charge < -0.3 is 26.0 Å². The van der Waals surface area contributed by atoms with E-state index in [0.717, 1.165) is 54.3 Å². The van der Waals surface area contributed by atoms with Crippen molar-refractivity contribution in [2.75, 3.05) is 11.9 Å². The molecule has 1 saturated heterocycles. The number of H-pyrrole nitrogens is 1. The van der Waals surface area contributed by atoms with Gasteiger partial charge >= 0.3 is 12.1 Å². The molecule has 2 fully saturated rings. The number of aromatic amines is 1. The lowest BCUT2D eigenvalue weighted by Crippen LogP contribution is -2.46. The third-order valence-corrected chi connectivity index (χ3v) is 6.70. The Kier molecular flexibility index (Phi) is 9.15. The number of hydrogen-bond acceptors (Lipinski definition) is 5. The standard InChI is InChI=1S/C23H29N5O2.C2HF3O2/c24-13-18-7-4-10-28(18)23(30)20(25)11-16-14-26-21-9-8-17(12-19(16)21)27-22(29)15-5-2-1-3-6-15;3-2(4,5)1(6)7/h8-9,12,14-15,18,20,26H,1-7,10-11,25H2,(H,27,29);(H,6,7)/t18-,20-;/m0./s1. The Bertz CT molecular complexity index is 1170. The number of anilines is 1. The zero-order valence-corrected chi connectivity index (χ0v) is 20.2. The summed E-state index contributed by atoms with van der Waals surface area (Å²) in [5.41, 5.74) is 8.87. The summed E-state index contributed by atoms with van der Waals surface area (Å²) >= 11 is 0. The Labute approximate surface area is 211 Å². The molecule has 1 aliphatic heterocycles. The summed E-state index contributed by atoms with van der Waals surface area (Å²) in [6.45, 7) is 0.593. The summed E-state index contributed by atoms with van der Waals surface area (Å²) in [5.74, 6) is -2.74. The Hall–Kier alpha value is -3.59. The Morgan fingerprint density at radius 2 is 1.86 bits per heavy atom. The van der Waals surface area contributed by atoms with Crippen LogP contribution in [0.15, 0.2) is 24.4 Å². The minimum atomic E-state index is -5.08. The summed E-state index contributed by atoms with van der Waals surface area (Å²) in [6.07, 6.45) is 4.10. The molecule has 0 unspecified atom stereocenters. The fourth-order valence-corrected chi connectivity index (χ4v) is 4.74. The van der Waals surface area contributed by atoms with Crippen molar-refractivity contribution in [2.24, 2.45) is 11.7 Å². The number of carbonyl (C=O) groups is 3. The maximum Gasteiger partial charge on any atom is 0.490 e. The predicted octanol–water partition coefficient (Wildman–Crippen LogP) is 3.70. The minimum Gasteiger partial charge on any atom is -0.475 e. The number of halogens is 3. The average Bonchev–Trinajstić information content (AvgIpc) is 3.51. The first-order chi connectivity index (χ1) is 17.5. The second kappa shape index (κ2) is 12.1. The third kappa shape index (κ3) is 7.22. The summed E-state index contributed by atoms with van der Waals surface area (Å²) in [4.78, 5) is 39.1. The van der Waals surface area contributed by atoms with Crippen LogP contribution >= 0.6 is 0 Å². The van der Waals surface area contributed by atoms with Crippen LogP contribution in [-0.2, 0) is 20.8 Å². The topological polar surface area (TPSA) is 152 Å². The zero-order valence-electron chi connectivity index (χ0n) is 20.2. The lowest BCUT2D eigenvalue weighted by molar-refractivity contribution is -0.192. The molecule has 0 bridgehead atoms. The Morgan fingerprint density at radius 1 is 1.19 bits per heavy atom. The van der Waals surface area contributed by atoms with Gasteiger partial charge in [0.05, 0.1) is 12.1 Å². The molecule has 2 amide bonds. The number of carboxylic acids is 1. The van der Waals surface area contributed by atoms with Crippen LogP contribution in [-0.4, -0.2) is 57.6 Å². The first-order valence-electron chi connectivity index (χ1n) is 12.2. The van der Waals surface area contributed by atoms with Crippen LogP contribution in [0.25, 0.3) is 10.9 Å². The number of rotatable bonds is 5. The van der Waals surface area contributed by atoms with E-state index in [0.29, 0.717) is 19.4 Å². The van der Waals surface area contributed by atoms with Crippen molar-refractivity contribution in [1.82, 2.24) is 9.88 Å². The number of aromatic nitrogens is 1. The molecule has 0 spiro atoms. The number of aliphatic carboxylic acids is 1. The van der Waals surface area contributed by atoms with Gasteiger partial charge in [-0.2, -0.15) is 18.4 Å². The minimum absolute atomic E-state index is 0.0922. The van der Waals surface area contributed by atoms with Crippen LogP contribution in [0.3, 0.4) is 0 Å². The Morgan fingerprint density at radius 3 is 2.49 bits per heavy atom. The molecule has 5 N–H and O–H groups in total. The van der Waals surface area contributed by atoms with E-state index in [2.05, 4.69) is 16.4 Å². The van der Waals surface area contributed by atoms with Crippen molar-refractivity contribution in [3.8, 4) is 6.07 Å². The number of nitrogens with zero attached hydrogens (tertiary/aromatic N) is 2. The number of amides is 2. The largest absolute Gasteiger partial charge is 0.490 e. The summed E-state index contributed by atoms with van der Waals surface area (Å²) < 4.78 is 31.7. The van der Waals surface area contributed by atoms with E-state index in [1.807, 2.05) is 24.4 Å². The van der Waals surface area contributed by atoms with Gasteiger partial charge in [0, 0.05) is 35.2 Å². The van der Waals surface area contributed by atoms with Gasteiger partial charge in [-0.25, -0.2) is 4.79 Å². The summed E-state index contributed by atoms with van der Waals surface area (Å²) in [5, 5.41) is 20.4. The number of hydrogen-bond donors (Lipinski definition) is 4. The van der Waals surface area contributed by atoms with E-state index in [1.165, 1.54) is 6.42 Å². The Balaban J connectivity index is 0.000000479. The average molecular weight is 522 g/mol. The second-order valence-corrected chi connectivity index (χ2v) is 9.33. The highest BCUT2D eigenvalue weighted by Gasteiger charge is 2.38. The fraction of sp³-hybridized carbons (Fsp3) is 0.520. The van der Waals surface area contributed by atoms with Gasteiger partial charge in [-0.3, -0.25) is 9.59 Å². The van der Waals surface area contributed by atoms with Gasteiger partial charge in [-0.15, -0.1) is 0 Å². The van der Waals surface area contributed by atoms with Crippen LogP contribution in [0, 0.1) is 17.2 Å². The summed E-state index contributed by atoms with van der Waals surface area (Å²) in [7, 11) is 0. The molecule has 2 atom stereocenters. The second-order valence-electron chi connectivity index (χ2n) is 9.33. The third-order valence-electron chi connectivity index (χ3n) is 6.70. The van der Waals surface area contributed by atoms with Gasteiger partial charge in [-0.05, 0) is 55.9 Å². The van der Waals surface area contributed by atoms with Gasteiger partial charge in [0.2, 0.25) is 11.8 Å². The highest BCUT2D eigenvalue weighted by atomic mass is 19.4. The van der Waals surface area contributed by atoms with Crippen molar-refractivity contribution >= 4 is 34.4 Å². The van der Waals surface area contributed by atoms with Crippen LogP contribution in [0.1, 0.15) is 50.5 Å². The molecule has 4 rings (SSSR count). The van der Waals surface area contributed by atoms with Crippen LogP contribution < -0.4 is 11.1 Å². The molecule has 200 valence electrons. The molecule has 1 aromatic heterocycles. The first-order valence-corrected chi connectivity index (χ1v) is 12.2. The first kappa shape index (κ1) is 28.0. The molecular formula is C25H30F3N5O4. The molecule has 12 heteroatoms. The van der Waals surface area contributed by atoms with E-state index in [9.17, 15) is 28.0 Å². The zero-order chi connectivity index (χ0) is 27.2. The molecular weight excluding hydrogens is 491 g/mol. The lowest BCUT2D eigenvalue weighted by atomic mass is 9.88. The molecule has 2 aliphatic rings. The SMILES string of the molecule is N#C[C@@H]1CCCN1C(=O)[C@@H](N)Cc1c[nH]c2ccc(NC(=O)C3CCCCC3)cc12.O=C(O)C(F)(F)F. The van der Waals surface area contributed by atoms with E-state index in [-0.39, 0.29) is 23.8 Å². The predicted molar refractivity (Wildman–Crippen MR) is 129 cm³/mol. The number of nitrogens with two attached hydrogens (primary N) is 1. The normalized spacial score (nSPS) is 19.0. The lowest BCUT2D eigenvalue weighted by Gasteiger charge is -2.23.